The van der Waals surface area contributed by atoms with Crippen molar-refractivity contribution in [3.63, 3.8) is 0 Å². The lowest BCUT2D eigenvalue weighted by molar-refractivity contribution is -0.140. The van der Waals surface area contributed by atoms with Gasteiger partial charge in [0.15, 0.2) is 17.3 Å². The molecule has 148 valence electrons. The second-order valence-electron chi connectivity index (χ2n) is 7.13. The van der Waals surface area contributed by atoms with E-state index < -0.39 is 28.9 Å². The zero-order chi connectivity index (χ0) is 19.6. The van der Waals surface area contributed by atoms with E-state index in [0.717, 1.165) is 25.9 Å². The minimum atomic E-state index is -5.03. The topological polar surface area (TPSA) is 49.6 Å². The Morgan fingerprint density at radius 1 is 1.07 bits per heavy atom. The van der Waals surface area contributed by atoms with Gasteiger partial charge in [-0.15, -0.1) is 0 Å². The van der Waals surface area contributed by atoms with Gasteiger partial charge in [0.2, 0.25) is 5.95 Å². The molecule has 1 atom stereocenters. The number of halogens is 5. The van der Waals surface area contributed by atoms with Crippen LogP contribution in [0.15, 0.2) is 12.4 Å². The summed E-state index contributed by atoms with van der Waals surface area (Å²) in [6.07, 6.45) is -1.74. The molecule has 3 aromatic rings. The highest BCUT2D eigenvalue weighted by Crippen LogP contribution is 2.37. The van der Waals surface area contributed by atoms with Gasteiger partial charge in [-0.05, 0) is 25.5 Å². The standard InChI is InChI=1S/C17H15F5N6/c18-12-11(17(20,21)22)6-10-14(13(12)19)25-16(28-15(10)23-8-24-28)27-5-4-26-3-1-2-9(26)7-27/h6,8-9H,1-5,7H2. The third kappa shape index (κ3) is 2.52. The molecule has 4 heterocycles. The van der Waals surface area contributed by atoms with Crippen LogP contribution < -0.4 is 4.90 Å². The summed E-state index contributed by atoms with van der Waals surface area (Å²) in [5, 5.41) is 3.83. The van der Waals surface area contributed by atoms with Crippen LogP contribution in [0, 0.1) is 11.6 Å². The molecule has 2 aliphatic rings. The first kappa shape index (κ1) is 17.5. The summed E-state index contributed by atoms with van der Waals surface area (Å²) in [5.41, 5.74) is -2.15. The van der Waals surface area contributed by atoms with E-state index in [1.165, 1.54) is 10.8 Å². The lowest BCUT2D eigenvalue weighted by Crippen LogP contribution is -2.51. The van der Waals surface area contributed by atoms with Crippen molar-refractivity contribution < 1.29 is 22.0 Å². The summed E-state index contributed by atoms with van der Waals surface area (Å²) in [4.78, 5) is 12.4. The lowest BCUT2D eigenvalue weighted by Gasteiger charge is -2.37. The highest BCUT2D eigenvalue weighted by molar-refractivity contribution is 5.93. The first-order chi connectivity index (χ1) is 13.3. The summed E-state index contributed by atoms with van der Waals surface area (Å²) in [7, 11) is 0. The summed E-state index contributed by atoms with van der Waals surface area (Å²) in [5.74, 6) is -3.33. The van der Waals surface area contributed by atoms with Crippen LogP contribution in [-0.4, -0.2) is 56.7 Å². The van der Waals surface area contributed by atoms with Crippen molar-refractivity contribution in [2.75, 3.05) is 31.1 Å². The van der Waals surface area contributed by atoms with Crippen molar-refractivity contribution in [3.05, 3.63) is 29.6 Å². The Morgan fingerprint density at radius 2 is 1.89 bits per heavy atom. The molecule has 2 aromatic heterocycles. The Labute approximate surface area is 155 Å². The van der Waals surface area contributed by atoms with Gasteiger partial charge in [0.25, 0.3) is 0 Å². The molecule has 0 radical (unpaired) electrons. The first-order valence-electron chi connectivity index (χ1n) is 8.92. The highest BCUT2D eigenvalue weighted by Gasteiger charge is 2.38. The van der Waals surface area contributed by atoms with E-state index in [2.05, 4.69) is 20.0 Å². The predicted molar refractivity (Wildman–Crippen MR) is 90.0 cm³/mol. The number of piperazine rings is 1. The number of alkyl halides is 3. The molecule has 0 spiro atoms. The number of anilines is 1. The van der Waals surface area contributed by atoms with Crippen molar-refractivity contribution in [3.8, 4) is 0 Å². The maximum Gasteiger partial charge on any atom is 0.419 e. The fourth-order valence-electron chi connectivity index (χ4n) is 4.20. The number of rotatable bonds is 1. The fraction of sp³-hybridized carbons (Fsp3) is 0.471. The van der Waals surface area contributed by atoms with Crippen LogP contribution >= 0.6 is 0 Å². The molecule has 6 nitrogen and oxygen atoms in total. The minimum absolute atomic E-state index is 0.0123. The Morgan fingerprint density at radius 3 is 2.68 bits per heavy atom. The van der Waals surface area contributed by atoms with Crippen LogP contribution in [-0.2, 0) is 6.18 Å². The number of nitrogens with zero attached hydrogens (tertiary/aromatic N) is 6. The van der Waals surface area contributed by atoms with Crippen LogP contribution in [0.25, 0.3) is 16.6 Å². The lowest BCUT2D eigenvalue weighted by atomic mass is 10.1. The molecule has 28 heavy (non-hydrogen) atoms. The Kier molecular flexibility index (Phi) is 3.74. The van der Waals surface area contributed by atoms with Gasteiger partial charge in [-0.2, -0.15) is 22.8 Å². The second-order valence-corrected chi connectivity index (χ2v) is 7.13. The Bertz CT molecular complexity index is 1080. The van der Waals surface area contributed by atoms with E-state index in [0.29, 0.717) is 25.2 Å². The average Bonchev–Trinajstić information content (AvgIpc) is 3.31. The molecular weight excluding hydrogens is 383 g/mol. The quantitative estimate of drug-likeness (QED) is 0.590. The van der Waals surface area contributed by atoms with Gasteiger partial charge in [-0.3, -0.25) is 4.90 Å². The van der Waals surface area contributed by atoms with E-state index in [1.54, 1.807) is 0 Å². The van der Waals surface area contributed by atoms with Crippen LogP contribution in [0.2, 0.25) is 0 Å². The molecule has 2 fully saturated rings. The number of hydrogen-bond donors (Lipinski definition) is 0. The van der Waals surface area contributed by atoms with Gasteiger partial charge < -0.3 is 4.90 Å². The van der Waals surface area contributed by atoms with Crippen LogP contribution in [0.3, 0.4) is 0 Å². The Balaban J connectivity index is 1.71. The smallest absolute Gasteiger partial charge is 0.338 e. The molecule has 0 aliphatic carbocycles. The van der Waals surface area contributed by atoms with Crippen molar-refractivity contribution in [2.24, 2.45) is 0 Å². The summed E-state index contributed by atoms with van der Waals surface area (Å²) < 4.78 is 69.2. The molecular formula is C17H15F5N6. The van der Waals surface area contributed by atoms with Crippen molar-refractivity contribution >= 4 is 22.5 Å². The molecule has 11 heteroatoms. The van der Waals surface area contributed by atoms with E-state index in [-0.39, 0.29) is 17.0 Å². The summed E-state index contributed by atoms with van der Waals surface area (Å²) in [6, 6.07) is 0.878. The molecule has 0 N–H and O–H groups in total. The molecule has 1 aromatic carbocycles. The van der Waals surface area contributed by atoms with Gasteiger partial charge >= 0.3 is 6.18 Å². The van der Waals surface area contributed by atoms with Crippen molar-refractivity contribution in [2.45, 2.75) is 25.1 Å². The summed E-state index contributed by atoms with van der Waals surface area (Å²) >= 11 is 0. The molecule has 2 aliphatic heterocycles. The average molecular weight is 398 g/mol. The monoisotopic (exact) mass is 398 g/mol. The zero-order valence-electron chi connectivity index (χ0n) is 14.5. The molecule has 1 unspecified atom stereocenters. The number of benzene rings is 1. The second kappa shape index (κ2) is 5.97. The molecule has 5 rings (SSSR count). The minimum Gasteiger partial charge on any atom is -0.338 e. The van der Waals surface area contributed by atoms with E-state index in [4.69, 9.17) is 0 Å². The van der Waals surface area contributed by atoms with Crippen LogP contribution in [0.1, 0.15) is 18.4 Å². The van der Waals surface area contributed by atoms with E-state index >= 15 is 0 Å². The van der Waals surface area contributed by atoms with Gasteiger partial charge in [0, 0.05) is 31.1 Å². The van der Waals surface area contributed by atoms with Gasteiger partial charge in [0.05, 0.1) is 5.56 Å². The third-order valence-electron chi connectivity index (χ3n) is 5.55. The van der Waals surface area contributed by atoms with Gasteiger partial charge in [-0.25, -0.2) is 18.7 Å². The maximum atomic E-state index is 14.6. The third-order valence-corrected chi connectivity index (χ3v) is 5.55. The predicted octanol–water partition coefficient (Wildman–Crippen LogP) is 2.86. The van der Waals surface area contributed by atoms with Gasteiger partial charge in [-0.1, -0.05) is 0 Å². The molecule has 0 saturated carbocycles. The highest BCUT2D eigenvalue weighted by atomic mass is 19.4. The fourth-order valence-corrected chi connectivity index (χ4v) is 4.20. The summed E-state index contributed by atoms with van der Waals surface area (Å²) in [6.45, 7) is 3.07. The van der Waals surface area contributed by atoms with Crippen molar-refractivity contribution in [1.29, 1.82) is 0 Å². The van der Waals surface area contributed by atoms with Crippen molar-refractivity contribution in [1.82, 2.24) is 24.5 Å². The number of fused-ring (bicyclic) bond motifs is 4. The maximum absolute atomic E-state index is 14.6. The first-order valence-corrected chi connectivity index (χ1v) is 8.92. The van der Waals surface area contributed by atoms with E-state index in [9.17, 15) is 22.0 Å². The molecule has 2 saturated heterocycles. The zero-order valence-corrected chi connectivity index (χ0v) is 14.5. The number of aromatic nitrogens is 4. The van der Waals surface area contributed by atoms with Crippen LogP contribution in [0.5, 0.6) is 0 Å². The largest absolute Gasteiger partial charge is 0.419 e. The van der Waals surface area contributed by atoms with E-state index in [1.807, 2.05) is 4.90 Å². The molecule has 0 bridgehead atoms. The normalized spacial score (nSPS) is 21.0. The number of hydrogen-bond acceptors (Lipinski definition) is 5. The van der Waals surface area contributed by atoms with Gasteiger partial charge in [0.1, 0.15) is 11.8 Å². The Hall–Kier alpha value is -2.56. The van der Waals surface area contributed by atoms with Crippen LogP contribution in [0.4, 0.5) is 27.9 Å². The SMILES string of the molecule is Fc1c(C(F)(F)F)cc2c(nc(N3CCN4CCCC4C3)n3ncnc23)c1F. The molecule has 0 amide bonds.